The first-order chi connectivity index (χ1) is 22.7. The molecule has 4 aromatic carbocycles. The Labute approximate surface area is 271 Å². The highest BCUT2D eigenvalue weighted by molar-refractivity contribution is 6.03. The molecule has 4 aromatic rings. The first-order valence-electron chi connectivity index (χ1n) is 15.6. The zero-order valence-corrected chi connectivity index (χ0v) is 25.8. The number of aliphatic hydroxyl groups excluding tert-OH is 3. The number of benzene rings is 4. The van der Waals surface area contributed by atoms with Gasteiger partial charge in [0.05, 0.1) is 24.2 Å². The summed E-state index contributed by atoms with van der Waals surface area (Å²) in [4.78, 5) is 15.1. The van der Waals surface area contributed by atoms with E-state index in [0.29, 0.717) is 29.8 Å². The Morgan fingerprint density at radius 1 is 0.915 bits per heavy atom. The topological polar surface area (TPSA) is 109 Å². The molecule has 47 heavy (non-hydrogen) atoms. The monoisotopic (exact) mass is 645 g/mol. The maximum Gasteiger partial charge on any atom is 0.233 e. The summed E-state index contributed by atoms with van der Waals surface area (Å²) in [5, 5.41) is 31.2. The molecular weight excluding hydrogens is 608 g/mol. The Morgan fingerprint density at radius 3 is 2.28 bits per heavy atom. The first kappa shape index (κ1) is 32.7. The van der Waals surface area contributed by atoms with Gasteiger partial charge in [-0.1, -0.05) is 48.5 Å². The van der Waals surface area contributed by atoms with Gasteiger partial charge in [-0.25, -0.2) is 8.78 Å². The van der Waals surface area contributed by atoms with Crippen molar-refractivity contribution in [2.75, 3.05) is 18.6 Å². The van der Waals surface area contributed by atoms with E-state index in [9.17, 15) is 28.9 Å². The van der Waals surface area contributed by atoms with E-state index in [1.165, 1.54) is 43.5 Å². The fourth-order valence-electron chi connectivity index (χ4n) is 6.31. The Balaban J connectivity index is 1.17. The van der Waals surface area contributed by atoms with Gasteiger partial charge in [0.2, 0.25) is 5.91 Å². The predicted molar refractivity (Wildman–Crippen MR) is 170 cm³/mol. The normalized spacial score (nSPS) is 24.9. The summed E-state index contributed by atoms with van der Waals surface area (Å²) in [5.41, 5.74) is 3.85. The van der Waals surface area contributed by atoms with Crippen molar-refractivity contribution in [2.24, 2.45) is 5.92 Å². The van der Waals surface area contributed by atoms with Gasteiger partial charge in [-0.2, -0.15) is 0 Å². The molecule has 6 rings (SSSR count). The highest BCUT2D eigenvalue weighted by Crippen LogP contribution is 2.46. The van der Waals surface area contributed by atoms with Crippen molar-refractivity contribution in [2.45, 2.75) is 56.0 Å². The number of carbonyl (C=O) groups is 1. The van der Waals surface area contributed by atoms with E-state index < -0.39 is 42.4 Å². The molecule has 0 aliphatic carbocycles. The van der Waals surface area contributed by atoms with Crippen molar-refractivity contribution in [1.82, 2.24) is 0 Å². The Morgan fingerprint density at radius 2 is 1.60 bits per heavy atom. The lowest BCUT2D eigenvalue weighted by Gasteiger charge is -2.48. The molecule has 0 bridgehead atoms. The number of hydrogen-bond acceptors (Lipinski definition) is 7. The fourth-order valence-corrected chi connectivity index (χ4v) is 6.31. The SMILES string of the molecule is CO[C@@H]1CC(O)[C@H](O)C(COc2cccc(-c3ccc(C4C(CCC(O)c5ccc(F)cc5)C(=O)N4c4ccc(F)cc4)cc3)c2)O1. The average Bonchev–Trinajstić information content (AvgIpc) is 3.09. The van der Waals surface area contributed by atoms with E-state index in [1.807, 2.05) is 42.5 Å². The van der Waals surface area contributed by atoms with Crippen LogP contribution in [0.3, 0.4) is 0 Å². The number of methoxy groups -OCH3 is 1. The van der Waals surface area contributed by atoms with Gasteiger partial charge in [0, 0.05) is 19.2 Å². The second kappa shape index (κ2) is 14.3. The second-order valence-electron chi connectivity index (χ2n) is 12.0. The van der Waals surface area contributed by atoms with Crippen LogP contribution in [0.25, 0.3) is 11.1 Å². The first-order valence-corrected chi connectivity index (χ1v) is 15.6. The fraction of sp³-hybridized carbons (Fsp3) is 0.324. The maximum atomic E-state index is 13.7. The summed E-state index contributed by atoms with van der Waals surface area (Å²) in [6.07, 6.45) is -3.41. The molecule has 2 heterocycles. The minimum Gasteiger partial charge on any atom is -0.491 e. The van der Waals surface area contributed by atoms with Crippen LogP contribution in [0.5, 0.6) is 5.75 Å². The van der Waals surface area contributed by atoms with Gasteiger partial charge >= 0.3 is 0 Å². The number of aliphatic hydroxyl groups is 3. The van der Waals surface area contributed by atoms with Crippen LogP contribution in [0.2, 0.25) is 0 Å². The number of anilines is 1. The molecule has 0 radical (unpaired) electrons. The maximum absolute atomic E-state index is 13.7. The smallest absolute Gasteiger partial charge is 0.233 e. The van der Waals surface area contributed by atoms with Crippen LogP contribution in [-0.4, -0.2) is 59.5 Å². The molecule has 3 N–H and O–H groups in total. The molecule has 2 aliphatic rings. The molecule has 1 amide bonds. The molecule has 10 heteroatoms. The Bertz CT molecular complexity index is 1650. The van der Waals surface area contributed by atoms with Gasteiger partial charge in [-0.3, -0.25) is 4.79 Å². The van der Waals surface area contributed by atoms with Crippen LogP contribution in [0.1, 0.15) is 42.5 Å². The third-order valence-corrected chi connectivity index (χ3v) is 8.96. The van der Waals surface area contributed by atoms with Crippen LogP contribution in [-0.2, 0) is 14.3 Å². The number of carbonyl (C=O) groups excluding carboxylic acids is 1. The number of rotatable bonds is 11. The number of ether oxygens (including phenoxy) is 3. The van der Waals surface area contributed by atoms with E-state index in [-0.39, 0.29) is 30.8 Å². The minimum atomic E-state index is -1.10. The number of amides is 1. The van der Waals surface area contributed by atoms with Crippen LogP contribution in [0, 0.1) is 17.6 Å². The van der Waals surface area contributed by atoms with Crippen molar-refractivity contribution in [3.63, 3.8) is 0 Å². The lowest BCUT2D eigenvalue weighted by molar-refractivity contribution is -0.247. The zero-order chi connectivity index (χ0) is 33.1. The Hall–Kier alpha value is -4.19. The number of halogens is 2. The standard InChI is InChI=1S/C37H37F2NO7/c1-45-34-20-32(42)36(43)33(47-34)21-46-29-4-2-3-25(19-29)22-5-7-24(8-6-22)35-30(17-18-31(41)23-9-11-26(38)12-10-23)37(44)40(35)28-15-13-27(39)14-16-28/h2-16,19,30-36,41-43H,17-18,20-21H2,1H3/t30?,31?,32?,33?,34-,35?,36-/m0/s1. The second-order valence-corrected chi connectivity index (χ2v) is 12.0. The summed E-state index contributed by atoms with van der Waals surface area (Å²) in [7, 11) is 1.48. The summed E-state index contributed by atoms with van der Waals surface area (Å²) < 4.78 is 43.9. The summed E-state index contributed by atoms with van der Waals surface area (Å²) in [6.45, 7) is 0.0205. The van der Waals surface area contributed by atoms with Crippen molar-refractivity contribution in [3.05, 3.63) is 120 Å². The minimum absolute atomic E-state index is 0.0205. The summed E-state index contributed by atoms with van der Waals surface area (Å²) in [5.74, 6) is -0.747. The molecule has 2 saturated heterocycles. The quantitative estimate of drug-likeness (QED) is 0.179. The van der Waals surface area contributed by atoms with Gasteiger partial charge in [0.1, 0.15) is 36.2 Å². The molecule has 5 unspecified atom stereocenters. The number of β-lactam (4-membered cyclic amide) rings is 1. The van der Waals surface area contributed by atoms with Crippen molar-refractivity contribution in [1.29, 1.82) is 0 Å². The molecule has 0 saturated carbocycles. The summed E-state index contributed by atoms with van der Waals surface area (Å²) in [6, 6.07) is 26.4. The highest BCUT2D eigenvalue weighted by atomic mass is 19.1. The third kappa shape index (κ3) is 7.22. The molecule has 8 nitrogen and oxygen atoms in total. The molecule has 0 aromatic heterocycles. The van der Waals surface area contributed by atoms with Gasteiger partial charge in [0.15, 0.2) is 6.29 Å². The van der Waals surface area contributed by atoms with E-state index in [1.54, 1.807) is 23.1 Å². The molecular formula is C37H37F2NO7. The summed E-state index contributed by atoms with van der Waals surface area (Å²) >= 11 is 0. The van der Waals surface area contributed by atoms with Crippen LogP contribution in [0.15, 0.2) is 97.1 Å². The zero-order valence-electron chi connectivity index (χ0n) is 25.8. The molecule has 7 atom stereocenters. The van der Waals surface area contributed by atoms with Gasteiger partial charge in [-0.05, 0) is 83.6 Å². The molecule has 2 fully saturated rings. The average molecular weight is 646 g/mol. The van der Waals surface area contributed by atoms with Gasteiger partial charge in [0.25, 0.3) is 0 Å². The van der Waals surface area contributed by atoms with E-state index in [4.69, 9.17) is 14.2 Å². The number of hydrogen-bond donors (Lipinski definition) is 3. The van der Waals surface area contributed by atoms with Crippen molar-refractivity contribution < 1.29 is 43.1 Å². The van der Waals surface area contributed by atoms with Crippen molar-refractivity contribution >= 4 is 11.6 Å². The van der Waals surface area contributed by atoms with Crippen LogP contribution >= 0.6 is 0 Å². The largest absolute Gasteiger partial charge is 0.491 e. The van der Waals surface area contributed by atoms with E-state index in [0.717, 1.165) is 16.7 Å². The van der Waals surface area contributed by atoms with E-state index >= 15 is 0 Å². The van der Waals surface area contributed by atoms with Gasteiger partial charge in [-0.15, -0.1) is 0 Å². The molecule has 2 aliphatic heterocycles. The lowest BCUT2D eigenvalue weighted by atomic mass is 9.78. The van der Waals surface area contributed by atoms with Gasteiger partial charge < -0.3 is 34.4 Å². The number of nitrogens with zero attached hydrogens (tertiary/aromatic N) is 1. The molecule has 0 spiro atoms. The highest BCUT2D eigenvalue weighted by Gasteiger charge is 2.48. The third-order valence-electron chi connectivity index (χ3n) is 8.96. The van der Waals surface area contributed by atoms with E-state index in [2.05, 4.69) is 0 Å². The molecule has 246 valence electrons. The van der Waals surface area contributed by atoms with Crippen LogP contribution < -0.4 is 9.64 Å². The lowest BCUT2D eigenvalue weighted by Crippen LogP contribution is -2.55. The Kier molecular flexibility index (Phi) is 9.95. The van der Waals surface area contributed by atoms with Crippen LogP contribution in [0.4, 0.5) is 14.5 Å². The van der Waals surface area contributed by atoms with Crippen molar-refractivity contribution in [3.8, 4) is 16.9 Å². The predicted octanol–water partition coefficient (Wildman–Crippen LogP) is 5.71.